The summed E-state index contributed by atoms with van der Waals surface area (Å²) in [5.74, 6) is -1.55. The van der Waals surface area contributed by atoms with Gasteiger partial charge in [-0.1, -0.05) is 114 Å². The summed E-state index contributed by atoms with van der Waals surface area (Å²) in [4.78, 5) is 36.8. The van der Waals surface area contributed by atoms with E-state index in [1.54, 1.807) is 0 Å². The van der Waals surface area contributed by atoms with E-state index in [9.17, 15) is 19.5 Å². The molecule has 0 aromatic carbocycles. The van der Waals surface area contributed by atoms with Crippen molar-refractivity contribution in [2.75, 3.05) is 41.0 Å². The molecule has 0 spiro atoms. The molecule has 0 rings (SSSR count). The first-order chi connectivity index (χ1) is 24.1. The highest BCUT2D eigenvalue weighted by atomic mass is 16.6. The van der Waals surface area contributed by atoms with Gasteiger partial charge in [-0.15, -0.1) is 0 Å². The molecule has 0 radical (unpaired) electrons. The molecule has 8 nitrogen and oxygen atoms in total. The summed E-state index contributed by atoms with van der Waals surface area (Å²) in [6.45, 7) is 4.52. The minimum atomic E-state index is -0.886. The number of carboxylic acid groups (broad SMARTS) is 1. The van der Waals surface area contributed by atoms with Crippen LogP contribution in [-0.2, 0) is 28.6 Å². The van der Waals surface area contributed by atoms with E-state index in [2.05, 4.69) is 62.5 Å². The second-order valence-corrected chi connectivity index (χ2v) is 14.1. The van der Waals surface area contributed by atoms with Gasteiger partial charge >= 0.3 is 17.9 Å². The van der Waals surface area contributed by atoms with E-state index in [0.717, 1.165) is 44.9 Å². The number of esters is 2. The Kier molecular flexibility index (Phi) is 31.6. The topological polar surface area (TPSA) is 99.1 Å². The van der Waals surface area contributed by atoms with E-state index < -0.39 is 18.1 Å². The number of likely N-dealkylation sites (N-methyl/N-ethyl adjacent to an activating group) is 1. The molecule has 1 N–H and O–H groups in total. The summed E-state index contributed by atoms with van der Waals surface area (Å²) in [5.41, 5.74) is 0. The van der Waals surface area contributed by atoms with E-state index in [4.69, 9.17) is 14.2 Å². The molecule has 0 bridgehead atoms. The predicted octanol–water partition coefficient (Wildman–Crippen LogP) is 10.1. The molecular formula is C42H74NO7+. The van der Waals surface area contributed by atoms with Gasteiger partial charge in [0.1, 0.15) is 6.61 Å². The summed E-state index contributed by atoms with van der Waals surface area (Å²) in [5, 5.41) is 9.58. The van der Waals surface area contributed by atoms with E-state index >= 15 is 0 Å². The number of carbonyl (C=O) groups excluding carboxylic acids is 2. The van der Waals surface area contributed by atoms with Crippen molar-refractivity contribution >= 4 is 17.9 Å². The van der Waals surface area contributed by atoms with Crippen LogP contribution < -0.4 is 0 Å². The van der Waals surface area contributed by atoms with Crippen LogP contribution in [0.15, 0.2) is 48.6 Å². The maximum absolute atomic E-state index is 12.6. The van der Waals surface area contributed by atoms with Gasteiger partial charge in [0.05, 0.1) is 34.4 Å². The normalized spacial score (nSPS) is 13.5. The first-order valence-electron chi connectivity index (χ1n) is 19.7. The smallest absolute Gasteiger partial charge is 0.362 e. The lowest BCUT2D eigenvalue weighted by Crippen LogP contribution is -2.50. The van der Waals surface area contributed by atoms with Crippen LogP contribution in [0.2, 0.25) is 0 Å². The van der Waals surface area contributed by atoms with Gasteiger partial charge in [-0.05, 0) is 64.2 Å². The van der Waals surface area contributed by atoms with Crippen molar-refractivity contribution in [2.45, 2.75) is 161 Å². The molecular weight excluding hydrogens is 630 g/mol. The molecule has 2 atom stereocenters. The number of hydrogen-bond acceptors (Lipinski definition) is 6. The lowest BCUT2D eigenvalue weighted by molar-refractivity contribution is -0.887. The Morgan fingerprint density at radius 1 is 0.620 bits per heavy atom. The second-order valence-electron chi connectivity index (χ2n) is 14.1. The van der Waals surface area contributed by atoms with Crippen LogP contribution in [0.25, 0.3) is 0 Å². The number of rotatable bonds is 34. The number of nitrogens with zero attached hydrogens (tertiary/aromatic N) is 1. The summed E-state index contributed by atoms with van der Waals surface area (Å²) in [7, 11) is 5.49. The third-order valence-electron chi connectivity index (χ3n) is 8.46. The summed E-state index contributed by atoms with van der Waals surface area (Å²) >= 11 is 0. The number of hydrogen-bond donors (Lipinski definition) is 1. The fourth-order valence-electron chi connectivity index (χ4n) is 5.40. The molecule has 0 fully saturated rings. The van der Waals surface area contributed by atoms with Gasteiger partial charge in [-0.25, -0.2) is 4.79 Å². The summed E-state index contributed by atoms with van der Waals surface area (Å²) < 4.78 is 17.1. The van der Waals surface area contributed by atoms with E-state index in [-0.39, 0.29) is 42.7 Å². The van der Waals surface area contributed by atoms with E-state index in [0.29, 0.717) is 19.3 Å². The van der Waals surface area contributed by atoms with Crippen molar-refractivity contribution in [3.05, 3.63) is 48.6 Å². The first-order valence-corrected chi connectivity index (χ1v) is 19.7. The Morgan fingerprint density at radius 2 is 1.14 bits per heavy atom. The number of carbonyl (C=O) groups is 3. The van der Waals surface area contributed by atoms with Crippen molar-refractivity contribution in [3.63, 3.8) is 0 Å². The van der Waals surface area contributed by atoms with Gasteiger partial charge in [0, 0.05) is 19.3 Å². The number of ether oxygens (including phenoxy) is 3. The molecule has 0 heterocycles. The molecule has 50 heavy (non-hydrogen) atoms. The number of unbranched alkanes of at least 4 members (excludes halogenated alkanes) is 12. The van der Waals surface area contributed by atoms with E-state index in [1.165, 1.54) is 64.2 Å². The van der Waals surface area contributed by atoms with Crippen LogP contribution in [0.4, 0.5) is 0 Å². The Morgan fingerprint density at radius 3 is 1.74 bits per heavy atom. The van der Waals surface area contributed by atoms with Crippen LogP contribution >= 0.6 is 0 Å². The monoisotopic (exact) mass is 705 g/mol. The molecule has 2 unspecified atom stereocenters. The van der Waals surface area contributed by atoms with Gasteiger partial charge in [0.15, 0.2) is 12.1 Å². The fraction of sp³-hybridized carbons (Fsp3) is 0.738. The Bertz CT molecular complexity index is 964. The highest BCUT2D eigenvalue weighted by Crippen LogP contribution is 2.13. The van der Waals surface area contributed by atoms with Gasteiger partial charge in [0.25, 0.3) is 0 Å². The van der Waals surface area contributed by atoms with Gasteiger partial charge < -0.3 is 23.8 Å². The molecule has 0 saturated carbocycles. The number of quaternary nitrogens is 1. The fourth-order valence-corrected chi connectivity index (χ4v) is 5.40. The van der Waals surface area contributed by atoms with Crippen LogP contribution in [0, 0.1) is 0 Å². The average Bonchev–Trinajstić information content (AvgIpc) is 3.06. The quantitative estimate of drug-likeness (QED) is 0.0308. The number of allylic oxidation sites excluding steroid dienone is 8. The zero-order valence-electron chi connectivity index (χ0n) is 32.6. The average molecular weight is 705 g/mol. The minimum Gasteiger partial charge on any atom is -0.477 e. The maximum atomic E-state index is 12.6. The molecule has 0 saturated heterocycles. The molecule has 0 aromatic heterocycles. The zero-order chi connectivity index (χ0) is 37.1. The van der Waals surface area contributed by atoms with E-state index in [1.807, 2.05) is 21.1 Å². The Balaban J connectivity index is 4.45. The third kappa shape index (κ3) is 31.3. The number of carboxylic acids is 1. The van der Waals surface area contributed by atoms with Crippen molar-refractivity contribution in [1.82, 2.24) is 0 Å². The molecule has 0 amide bonds. The highest BCUT2D eigenvalue weighted by Gasteiger charge is 2.31. The van der Waals surface area contributed by atoms with Gasteiger partial charge in [-0.2, -0.15) is 0 Å². The SMILES string of the molecule is CC/C=C/C/C=C/C/C=C/CCCC(=O)OC(COCCC(C(=O)O)[N+](C)(C)C)COC(=O)CCCCCCCCC/C=C/CCCCCC. The largest absolute Gasteiger partial charge is 0.477 e. The third-order valence-corrected chi connectivity index (χ3v) is 8.46. The molecule has 288 valence electrons. The Hall–Kier alpha value is -2.71. The highest BCUT2D eigenvalue weighted by molar-refractivity contribution is 5.72. The molecule has 0 aliphatic rings. The van der Waals surface area contributed by atoms with Gasteiger partial charge in [0.2, 0.25) is 0 Å². The van der Waals surface area contributed by atoms with Crippen LogP contribution in [0.5, 0.6) is 0 Å². The second kappa shape index (κ2) is 33.4. The van der Waals surface area contributed by atoms with Crippen molar-refractivity contribution in [3.8, 4) is 0 Å². The lowest BCUT2D eigenvalue weighted by Gasteiger charge is -2.31. The lowest BCUT2D eigenvalue weighted by atomic mass is 10.1. The minimum absolute atomic E-state index is 0.0386. The Labute approximate surface area is 306 Å². The molecule has 0 aliphatic heterocycles. The standard InChI is InChI=1S/C42H73NO7/c1-6-8-10-12-14-16-18-19-20-21-23-24-26-28-30-32-40(44)49-37-38(36-48-35-34-39(42(46)47)43(3,4)5)50-41(45)33-31-29-27-25-22-17-15-13-11-9-7-2/h9,11,15-18,25,27,38-39H,6-8,10,12-14,19-24,26,28-37H2,1-5H3/p+1/b11-9+,17-15+,18-16+,27-25+. The van der Waals surface area contributed by atoms with Gasteiger partial charge in [-0.3, -0.25) is 9.59 Å². The molecule has 0 aromatic rings. The predicted molar refractivity (Wildman–Crippen MR) is 206 cm³/mol. The zero-order valence-corrected chi connectivity index (χ0v) is 32.6. The molecule has 8 heteroatoms. The molecule has 0 aliphatic carbocycles. The first kappa shape index (κ1) is 47.3. The summed E-state index contributed by atoms with van der Waals surface area (Å²) in [6.07, 6.45) is 37.4. The number of aliphatic carboxylic acids is 1. The van der Waals surface area contributed by atoms with Crippen LogP contribution in [0.1, 0.15) is 149 Å². The van der Waals surface area contributed by atoms with Crippen molar-refractivity contribution in [2.24, 2.45) is 0 Å². The summed E-state index contributed by atoms with van der Waals surface area (Å²) in [6, 6.07) is -0.623. The maximum Gasteiger partial charge on any atom is 0.362 e. The van der Waals surface area contributed by atoms with Crippen molar-refractivity contribution in [1.29, 1.82) is 0 Å². The van der Waals surface area contributed by atoms with Crippen molar-refractivity contribution < 1.29 is 38.2 Å². The van der Waals surface area contributed by atoms with Crippen LogP contribution in [0.3, 0.4) is 0 Å². The van der Waals surface area contributed by atoms with Crippen LogP contribution in [-0.4, -0.2) is 80.6 Å².